The average Bonchev–Trinajstić information content (AvgIpc) is 2.42. The molecule has 106 valence electrons. The zero-order valence-electron chi connectivity index (χ0n) is 12.3. The molecular formula is C17H25ClO. The minimum atomic E-state index is 0.170. The molecule has 2 atom stereocenters. The molecule has 1 aliphatic carbocycles. The molecule has 1 fully saturated rings. The van der Waals surface area contributed by atoms with Crippen LogP contribution in [0.1, 0.15) is 52.0 Å². The van der Waals surface area contributed by atoms with E-state index in [9.17, 15) is 0 Å². The number of rotatable bonds is 6. The minimum Gasteiger partial charge on any atom is -0.490 e. The van der Waals surface area contributed by atoms with E-state index in [0.717, 1.165) is 31.4 Å². The molecule has 1 saturated carbocycles. The largest absolute Gasteiger partial charge is 0.490 e. The Bertz CT molecular complexity index is 394. The van der Waals surface area contributed by atoms with Crippen molar-refractivity contribution in [1.29, 1.82) is 0 Å². The molecule has 0 N–H and O–H groups in total. The van der Waals surface area contributed by atoms with Gasteiger partial charge in [-0.15, -0.1) is 11.6 Å². The Balaban J connectivity index is 2.01. The van der Waals surface area contributed by atoms with Crippen LogP contribution in [0.3, 0.4) is 0 Å². The van der Waals surface area contributed by atoms with E-state index >= 15 is 0 Å². The molecular weight excluding hydrogens is 256 g/mol. The Morgan fingerprint density at radius 2 is 1.79 bits per heavy atom. The van der Waals surface area contributed by atoms with Gasteiger partial charge in [-0.2, -0.15) is 0 Å². The van der Waals surface area contributed by atoms with Gasteiger partial charge in [0.25, 0.3) is 0 Å². The molecule has 0 aromatic heterocycles. The maximum Gasteiger partial charge on any atom is 0.119 e. The van der Waals surface area contributed by atoms with Gasteiger partial charge in [0.1, 0.15) is 11.9 Å². The fourth-order valence-corrected chi connectivity index (χ4v) is 3.81. The molecule has 1 aliphatic rings. The molecule has 0 radical (unpaired) electrons. The van der Waals surface area contributed by atoms with E-state index < -0.39 is 0 Å². The number of hydrogen-bond donors (Lipinski definition) is 0. The summed E-state index contributed by atoms with van der Waals surface area (Å²) in [6, 6.07) is 8.55. The van der Waals surface area contributed by atoms with Crippen LogP contribution in [0.25, 0.3) is 0 Å². The lowest BCUT2D eigenvalue weighted by molar-refractivity contribution is -0.0462. The van der Waals surface area contributed by atoms with Gasteiger partial charge < -0.3 is 4.74 Å². The summed E-state index contributed by atoms with van der Waals surface area (Å²) in [7, 11) is 0. The summed E-state index contributed by atoms with van der Waals surface area (Å²) < 4.78 is 6.17. The Labute approximate surface area is 122 Å². The van der Waals surface area contributed by atoms with E-state index in [0.29, 0.717) is 0 Å². The van der Waals surface area contributed by atoms with Crippen molar-refractivity contribution in [2.75, 3.05) is 0 Å². The third-order valence-electron chi connectivity index (χ3n) is 4.74. The Morgan fingerprint density at radius 1 is 1.16 bits per heavy atom. The van der Waals surface area contributed by atoms with Crippen molar-refractivity contribution in [2.45, 2.75) is 64.4 Å². The summed E-state index contributed by atoms with van der Waals surface area (Å²) >= 11 is 6.42. The Morgan fingerprint density at radius 3 is 2.26 bits per heavy atom. The van der Waals surface area contributed by atoms with Gasteiger partial charge in [-0.25, -0.2) is 0 Å². The summed E-state index contributed by atoms with van der Waals surface area (Å²) in [5.41, 5.74) is 1.56. The molecule has 0 amide bonds. The Hall–Kier alpha value is -0.690. The maximum absolute atomic E-state index is 6.42. The minimum absolute atomic E-state index is 0.170. The summed E-state index contributed by atoms with van der Waals surface area (Å²) in [5.74, 6) is 0.986. The second-order valence-corrected chi connectivity index (χ2v) is 6.17. The van der Waals surface area contributed by atoms with Crippen molar-refractivity contribution in [1.82, 2.24) is 0 Å². The van der Waals surface area contributed by atoms with E-state index in [1.165, 1.54) is 12.0 Å². The summed E-state index contributed by atoms with van der Waals surface area (Å²) in [5, 5.41) is 0.270. The zero-order valence-corrected chi connectivity index (χ0v) is 13.0. The highest BCUT2D eigenvalue weighted by atomic mass is 35.5. The van der Waals surface area contributed by atoms with E-state index in [-0.39, 0.29) is 16.9 Å². The molecule has 0 bridgehead atoms. The van der Waals surface area contributed by atoms with E-state index in [4.69, 9.17) is 16.3 Å². The lowest BCUT2D eigenvalue weighted by Crippen LogP contribution is -2.56. The van der Waals surface area contributed by atoms with Crippen molar-refractivity contribution < 1.29 is 4.74 Å². The molecule has 0 aliphatic heterocycles. The molecule has 0 heterocycles. The molecule has 1 nitrogen and oxygen atoms in total. The number of alkyl halides is 1. The van der Waals surface area contributed by atoms with Gasteiger partial charge in [-0.3, -0.25) is 0 Å². The quantitative estimate of drug-likeness (QED) is 0.651. The van der Waals surface area contributed by atoms with E-state index in [1.807, 2.05) is 0 Å². The van der Waals surface area contributed by atoms with Gasteiger partial charge in [0.15, 0.2) is 0 Å². The zero-order chi connectivity index (χ0) is 13.9. The van der Waals surface area contributed by atoms with Crippen LogP contribution in [0.2, 0.25) is 0 Å². The molecule has 2 rings (SSSR count). The number of halogens is 1. The van der Waals surface area contributed by atoms with Crippen LogP contribution in [0.4, 0.5) is 0 Å². The molecule has 2 unspecified atom stereocenters. The summed E-state index contributed by atoms with van der Waals surface area (Å²) in [6.45, 7) is 6.65. The standard InChI is InChI=1S/C17H25ClO/c1-4-7-13-8-10-14(11-9-13)19-16-12-15(18)17(16,5-2)6-3/h8-11,15-16H,4-7,12H2,1-3H3. The number of aryl methyl sites for hydroxylation is 1. The van der Waals surface area contributed by atoms with Crippen LogP contribution >= 0.6 is 11.6 Å². The van der Waals surface area contributed by atoms with Crippen molar-refractivity contribution >= 4 is 11.6 Å². The van der Waals surface area contributed by atoms with Crippen LogP contribution in [-0.4, -0.2) is 11.5 Å². The van der Waals surface area contributed by atoms with Gasteiger partial charge >= 0.3 is 0 Å². The fourth-order valence-electron chi connectivity index (χ4n) is 3.20. The van der Waals surface area contributed by atoms with Crippen LogP contribution in [0.15, 0.2) is 24.3 Å². The predicted molar refractivity (Wildman–Crippen MR) is 82.1 cm³/mol. The predicted octanol–water partition coefficient (Wildman–Crippen LogP) is 5.20. The molecule has 0 saturated heterocycles. The number of benzene rings is 1. The van der Waals surface area contributed by atoms with Gasteiger partial charge in [-0.05, 0) is 37.0 Å². The first-order chi connectivity index (χ1) is 9.16. The van der Waals surface area contributed by atoms with Gasteiger partial charge in [0.05, 0.1) is 0 Å². The van der Waals surface area contributed by atoms with Crippen molar-refractivity contribution in [2.24, 2.45) is 5.41 Å². The third kappa shape index (κ3) is 2.76. The highest BCUT2D eigenvalue weighted by molar-refractivity contribution is 6.21. The SMILES string of the molecule is CCCc1ccc(OC2CC(Cl)C2(CC)CC)cc1. The van der Waals surface area contributed by atoms with Gasteiger partial charge in [0.2, 0.25) is 0 Å². The molecule has 0 spiro atoms. The van der Waals surface area contributed by atoms with Crippen LogP contribution < -0.4 is 4.74 Å². The maximum atomic E-state index is 6.42. The smallest absolute Gasteiger partial charge is 0.119 e. The first-order valence-electron chi connectivity index (χ1n) is 7.56. The van der Waals surface area contributed by atoms with Crippen molar-refractivity contribution in [3.63, 3.8) is 0 Å². The number of ether oxygens (including phenoxy) is 1. The third-order valence-corrected chi connectivity index (χ3v) is 5.36. The number of hydrogen-bond acceptors (Lipinski definition) is 1. The molecule has 1 aromatic rings. The highest BCUT2D eigenvalue weighted by Crippen LogP contribution is 2.51. The highest BCUT2D eigenvalue weighted by Gasteiger charge is 2.53. The molecule has 2 heteroatoms. The second-order valence-electron chi connectivity index (χ2n) is 5.64. The van der Waals surface area contributed by atoms with Gasteiger partial charge in [0, 0.05) is 17.2 Å². The van der Waals surface area contributed by atoms with Gasteiger partial charge in [-0.1, -0.05) is 39.3 Å². The monoisotopic (exact) mass is 280 g/mol. The second kappa shape index (κ2) is 6.17. The first kappa shape index (κ1) is 14.7. The average molecular weight is 281 g/mol. The molecule has 1 aromatic carbocycles. The Kier molecular flexibility index (Phi) is 4.78. The normalized spacial score (nSPS) is 24.8. The van der Waals surface area contributed by atoms with Crippen molar-refractivity contribution in [3.8, 4) is 5.75 Å². The lowest BCUT2D eigenvalue weighted by Gasteiger charge is -2.52. The van der Waals surface area contributed by atoms with E-state index in [2.05, 4.69) is 45.0 Å². The fraction of sp³-hybridized carbons (Fsp3) is 0.647. The molecule has 19 heavy (non-hydrogen) atoms. The van der Waals surface area contributed by atoms with Crippen LogP contribution in [0, 0.1) is 5.41 Å². The summed E-state index contributed by atoms with van der Waals surface area (Å²) in [4.78, 5) is 0. The van der Waals surface area contributed by atoms with Crippen LogP contribution in [-0.2, 0) is 6.42 Å². The van der Waals surface area contributed by atoms with E-state index in [1.54, 1.807) is 0 Å². The topological polar surface area (TPSA) is 9.23 Å². The first-order valence-corrected chi connectivity index (χ1v) is 7.99. The summed E-state index contributed by atoms with van der Waals surface area (Å²) in [6.07, 6.45) is 5.77. The van der Waals surface area contributed by atoms with Crippen LogP contribution in [0.5, 0.6) is 5.75 Å². The van der Waals surface area contributed by atoms with Crippen molar-refractivity contribution in [3.05, 3.63) is 29.8 Å². The lowest BCUT2D eigenvalue weighted by atomic mass is 9.62.